The van der Waals surface area contributed by atoms with Crippen molar-refractivity contribution in [2.24, 2.45) is 0 Å². The summed E-state index contributed by atoms with van der Waals surface area (Å²) >= 11 is 0. The molecule has 110 valence electrons. The average Bonchev–Trinajstić information content (AvgIpc) is 2.83. The minimum atomic E-state index is -0.884. The summed E-state index contributed by atoms with van der Waals surface area (Å²) < 4.78 is 5.76. The molecule has 1 aromatic carbocycles. The molecule has 0 heterocycles. The molecule has 4 nitrogen and oxygen atoms in total. The van der Waals surface area contributed by atoms with Crippen LogP contribution in [0.3, 0.4) is 0 Å². The van der Waals surface area contributed by atoms with Crippen molar-refractivity contribution in [2.75, 3.05) is 6.54 Å². The second-order valence-electron chi connectivity index (χ2n) is 5.21. The Hall–Kier alpha value is -1.55. The molecule has 0 radical (unpaired) electrons. The third-order valence-corrected chi connectivity index (χ3v) is 3.77. The number of hydrogen-bond acceptors (Lipinski definition) is 3. The Morgan fingerprint density at radius 1 is 1.50 bits per heavy atom. The Kier molecular flexibility index (Phi) is 5.01. The first-order valence-corrected chi connectivity index (χ1v) is 7.42. The zero-order chi connectivity index (χ0) is 14.5. The molecule has 0 bridgehead atoms. The van der Waals surface area contributed by atoms with Crippen LogP contribution < -0.4 is 10.1 Å². The van der Waals surface area contributed by atoms with E-state index in [-0.39, 0.29) is 0 Å². The molecule has 1 aliphatic rings. The summed E-state index contributed by atoms with van der Waals surface area (Å²) in [6.07, 6.45) is 2.59. The number of carboxylic acid groups (broad SMARTS) is 1. The standard InChI is InChI=1S/C16H23NO3/c1-3-6-15(16(18)19)20-14-8-5-7-11-12(14)9-10-13(11)17-4-2/h5,7-8,13,15,17H,3-4,6,9-10H2,1-2H3,(H,18,19). The highest BCUT2D eigenvalue weighted by molar-refractivity contribution is 5.72. The zero-order valence-electron chi connectivity index (χ0n) is 12.2. The molecule has 0 saturated carbocycles. The van der Waals surface area contributed by atoms with Crippen LogP contribution in [-0.4, -0.2) is 23.7 Å². The van der Waals surface area contributed by atoms with Gasteiger partial charge in [-0.1, -0.05) is 32.4 Å². The molecule has 0 aliphatic heterocycles. The summed E-state index contributed by atoms with van der Waals surface area (Å²) in [5.41, 5.74) is 2.42. The third-order valence-electron chi connectivity index (χ3n) is 3.77. The van der Waals surface area contributed by atoms with Gasteiger partial charge >= 0.3 is 5.97 Å². The normalized spacial score (nSPS) is 18.6. The lowest BCUT2D eigenvalue weighted by molar-refractivity contribution is -0.145. The molecule has 1 aliphatic carbocycles. The van der Waals surface area contributed by atoms with Gasteiger partial charge in [0.05, 0.1) is 0 Å². The highest BCUT2D eigenvalue weighted by atomic mass is 16.5. The molecule has 2 unspecified atom stereocenters. The summed E-state index contributed by atoms with van der Waals surface area (Å²) in [5.74, 6) is -0.144. The minimum Gasteiger partial charge on any atom is -0.479 e. The van der Waals surface area contributed by atoms with Gasteiger partial charge in [0.15, 0.2) is 6.10 Å². The number of aliphatic carboxylic acids is 1. The number of carboxylic acids is 1. The molecule has 2 atom stereocenters. The van der Waals surface area contributed by atoms with E-state index in [0.717, 1.165) is 31.6 Å². The SMILES string of the molecule is CCCC(Oc1cccc2c1CCC2NCC)C(=O)O. The van der Waals surface area contributed by atoms with Gasteiger partial charge in [-0.25, -0.2) is 4.79 Å². The van der Waals surface area contributed by atoms with Crippen molar-refractivity contribution >= 4 is 5.97 Å². The lowest BCUT2D eigenvalue weighted by Crippen LogP contribution is -2.27. The Morgan fingerprint density at radius 3 is 2.95 bits per heavy atom. The van der Waals surface area contributed by atoms with Gasteiger partial charge in [-0.15, -0.1) is 0 Å². The predicted octanol–water partition coefficient (Wildman–Crippen LogP) is 2.92. The Morgan fingerprint density at radius 2 is 2.30 bits per heavy atom. The van der Waals surface area contributed by atoms with E-state index < -0.39 is 12.1 Å². The van der Waals surface area contributed by atoms with Gasteiger partial charge in [-0.3, -0.25) is 0 Å². The molecule has 2 rings (SSSR count). The van der Waals surface area contributed by atoms with E-state index in [1.54, 1.807) is 0 Å². The van der Waals surface area contributed by atoms with Crippen LogP contribution in [0, 0.1) is 0 Å². The van der Waals surface area contributed by atoms with Crippen molar-refractivity contribution in [2.45, 2.75) is 51.7 Å². The van der Waals surface area contributed by atoms with Crippen molar-refractivity contribution in [1.82, 2.24) is 5.32 Å². The maximum absolute atomic E-state index is 11.2. The fourth-order valence-corrected chi connectivity index (χ4v) is 2.84. The first-order chi connectivity index (χ1) is 9.67. The molecule has 20 heavy (non-hydrogen) atoms. The van der Waals surface area contributed by atoms with Gasteiger partial charge in [-0.2, -0.15) is 0 Å². The van der Waals surface area contributed by atoms with E-state index in [9.17, 15) is 9.90 Å². The largest absolute Gasteiger partial charge is 0.479 e. The highest BCUT2D eigenvalue weighted by Crippen LogP contribution is 2.37. The fourth-order valence-electron chi connectivity index (χ4n) is 2.84. The predicted molar refractivity (Wildman–Crippen MR) is 78.1 cm³/mol. The van der Waals surface area contributed by atoms with Crippen LogP contribution in [-0.2, 0) is 11.2 Å². The maximum atomic E-state index is 11.2. The first-order valence-electron chi connectivity index (χ1n) is 7.42. The van der Waals surface area contributed by atoms with Crippen LogP contribution >= 0.6 is 0 Å². The van der Waals surface area contributed by atoms with Crippen LogP contribution in [0.2, 0.25) is 0 Å². The monoisotopic (exact) mass is 277 g/mol. The molecule has 0 amide bonds. The number of rotatable bonds is 7. The van der Waals surface area contributed by atoms with E-state index in [2.05, 4.69) is 18.3 Å². The number of ether oxygens (including phenoxy) is 1. The average molecular weight is 277 g/mol. The molecular weight excluding hydrogens is 254 g/mol. The highest BCUT2D eigenvalue weighted by Gasteiger charge is 2.26. The lowest BCUT2D eigenvalue weighted by Gasteiger charge is -2.18. The van der Waals surface area contributed by atoms with Crippen molar-refractivity contribution in [1.29, 1.82) is 0 Å². The first kappa shape index (κ1) is 14.9. The Bertz CT molecular complexity index is 473. The van der Waals surface area contributed by atoms with Crippen LogP contribution in [0.15, 0.2) is 18.2 Å². The van der Waals surface area contributed by atoms with Gasteiger partial charge in [0.1, 0.15) is 5.75 Å². The summed E-state index contributed by atoms with van der Waals surface area (Å²) in [5, 5.41) is 12.7. The molecule has 0 saturated heterocycles. The molecule has 1 aromatic rings. The summed E-state index contributed by atoms with van der Waals surface area (Å²) in [6.45, 7) is 5.00. The lowest BCUT2D eigenvalue weighted by atomic mass is 10.1. The van der Waals surface area contributed by atoms with Gasteiger partial charge < -0.3 is 15.2 Å². The Labute approximate surface area is 120 Å². The van der Waals surface area contributed by atoms with Gasteiger partial charge in [0.2, 0.25) is 0 Å². The number of carbonyl (C=O) groups is 1. The minimum absolute atomic E-state index is 0.369. The summed E-state index contributed by atoms with van der Waals surface area (Å²) in [6, 6.07) is 6.32. The van der Waals surface area contributed by atoms with E-state index in [0.29, 0.717) is 12.5 Å². The summed E-state index contributed by atoms with van der Waals surface area (Å²) in [7, 11) is 0. The Balaban J connectivity index is 2.19. The van der Waals surface area contributed by atoms with E-state index in [1.165, 1.54) is 11.1 Å². The smallest absolute Gasteiger partial charge is 0.344 e. The van der Waals surface area contributed by atoms with Gasteiger partial charge in [-0.05, 0) is 43.0 Å². The van der Waals surface area contributed by atoms with Crippen molar-refractivity contribution in [3.05, 3.63) is 29.3 Å². The number of fused-ring (bicyclic) bond motifs is 1. The van der Waals surface area contributed by atoms with Gasteiger partial charge in [0, 0.05) is 6.04 Å². The van der Waals surface area contributed by atoms with Crippen molar-refractivity contribution < 1.29 is 14.6 Å². The topological polar surface area (TPSA) is 58.6 Å². The van der Waals surface area contributed by atoms with Crippen LogP contribution in [0.4, 0.5) is 0 Å². The molecular formula is C16H23NO3. The summed E-state index contributed by atoms with van der Waals surface area (Å²) in [4.78, 5) is 11.2. The van der Waals surface area contributed by atoms with E-state index in [4.69, 9.17) is 4.74 Å². The zero-order valence-corrected chi connectivity index (χ0v) is 12.2. The molecule has 4 heteroatoms. The number of nitrogens with one attached hydrogen (secondary N) is 1. The van der Waals surface area contributed by atoms with Crippen molar-refractivity contribution in [3.8, 4) is 5.75 Å². The van der Waals surface area contributed by atoms with Crippen LogP contribution in [0.25, 0.3) is 0 Å². The van der Waals surface area contributed by atoms with E-state index >= 15 is 0 Å². The van der Waals surface area contributed by atoms with E-state index in [1.807, 2.05) is 19.1 Å². The van der Waals surface area contributed by atoms with Crippen LogP contribution in [0.1, 0.15) is 50.3 Å². The maximum Gasteiger partial charge on any atom is 0.344 e. The number of benzene rings is 1. The molecule has 0 fully saturated rings. The van der Waals surface area contributed by atoms with Crippen LogP contribution in [0.5, 0.6) is 5.75 Å². The third kappa shape index (κ3) is 3.12. The molecule has 2 N–H and O–H groups in total. The van der Waals surface area contributed by atoms with Crippen molar-refractivity contribution in [3.63, 3.8) is 0 Å². The second kappa shape index (κ2) is 6.75. The quantitative estimate of drug-likeness (QED) is 0.804. The number of hydrogen-bond donors (Lipinski definition) is 2. The second-order valence-corrected chi connectivity index (χ2v) is 5.21. The molecule has 0 aromatic heterocycles. The fraction of sp³-hybridized carbons (Fsp3) is 0.562. The van der Waals surface area contributed by atoms with Gasteiger partial charge in [0.25, 0.3) is 0 Å². The molecule has 0 spiro atoms.